The molecule has 0 saturated heterocycles. The number of methoxy groups -OCH3 is 1. The maximum Gasteiger partial charge on any atom is 0.339 e. The van der Waals surface area contributed by atoms with Crippen LogP contribution in [0.25, 0.3) is 11.5 Å². The predicted molar refractivity (Wildman–Crippen MR) is 91.5 cm³/mol. The molecule has 0 aliphatic carbocycles. The monoisotopic (exact) mass is 338 g/mol. The third-order valence-corrected chi connectivity index (χ3v) is 3.66. The Labute approximate surface area is 145 Å². The molecule has 128 valence electrons. The molecule has 2 aromatic heterocycles. The lowest BCUT2D eigenvalue weighted by molar-refractivity contribution is 0.0600. The van der Waals surface area contributed by atoms with Gasteiger partial charge in [0.15, 0.2) is 0 Å². The summed E-state index contributed by atoms with van der Waals surface area (Å²) in [6.45, 7) is 2.30. The number of carbonyl (C=O) groups excluding carboxylic acids is 1. The molecular formula is C19H18N2O4. The Bertz CT molecular complexity index is 842. The fraction of sp³-hybridized carbons (Fsp3) is 0.211. The fourth-order valence-electron chi connectivity index (χ4n) is 2.32. The third kappa shape index (κ3) is 4.03. The molecule has 0 bridgehead atoms. The summed E-state index contributed by atoms with van der Waals surface area (Å²) in [5, 5.41) is 0. The Hall–Kier alpha value is -3.15. The highest BCUT2D eigenvalue weighted by atomic mass is 16.5. The van der Waals surface area contributed by atoms with E-state index in [1.807, 2.05) is 37.3 Å². The Balaban J connectivity index is 1.59. The van der Waals surface area contributed by atoms with Gasteiger partial charge in [0.25, 0.3) is 0 Å². The molecule has 0 fully saturated rings. The Morgan fingerprint density at radius 1 is 1.16 bits per heavy atom. The topological polar surface area (TPSA) is 74.5 Å². The van der Waals surface area contributed by atoms with Gasteiger partial charge in [-0.15, -0.1) is 0 Å². The number of rotatable bonds is 6. The van der Waals surface area contributed by atoms with Gasteiger partial charge in [0, 0.05) is 24.2 Å². The van der Waals surface area contributed by atoms with Crippen LogP contribution in [0.5, 0.6) is 5.88 Å². The van der Waals surface area contributed by atoms with Crippen molar-refractivity contribution in [2.24, 2.45) is 0 Å². The number of benzene rings is 1. The van der Waals surface area contributed by atoms with Crippen molar-refractivity contribution >= 4 is 5.97 Å². The summed E-state index contributed by atoms with van der Waals surface area (Å²) < 4.78 is 16.0. The number of oxazole rings is 1. The molecule has 0 N–H and O–H groups in total. The summed E-state index contributed by atoms with van der Waals surface area (Å²) >= 11 is 0. The van der Waals surface area contributed by atoms with E-state index in [0.717, 1.165) is 17.0 Å². The average Bonchev–Trinajstić information content (AvgIpc) is 3.03. The van der Waals surface area contributed by atoms with E-state index in [-0.39, 0.29) is 0 Å². The van der Waals surface area contributed by atoms with Crippen molar-refractivity contribution in [2.45, 2.75) is 13.3 Å². The molecule has 0 saturated carbocycles. The molecular weight excluding hydrogens is 320 g/mol. The van der Waals surface area contributed by atoms with Crippen molar-refractivity contribution in [3.05, 3.63) is 65.7 Å². The van der Waals surface area contributed by atoms with Crippen LogP contribution in [-0.4, -0.2) is 29.7 Å². The molecule has 2 heterocycles. The normalized spacial score (nSPS) is 10.5. The van der Waals surface area contributed by atoms with Crippen LogP contribution in [0.1, 0.15) is 21.8 Å². The maximum absolute atomic E-state index is 11.4. The second-order valence-electron chi connectivity index (χ2n) is 5.36. The van der Waals surface area contributed by atoms with Gasteiger partial charge in [-0.2, -0.15) is 0 Å². The molecule has 3 rings (SSSR count). The molecule has 0 spiro atoms. The summed E-state index contributed by atoms with van der Waals surface area (Å²) in [5.41, 5.74) is 2.18. The summed E-state index contributed by atoms with van der Waals surface area (Å²) in [4.78, 5) is 20.0. The van der Waals surface area contributed by atoms with Gasteiger partial charge in [0.2, 0.25) is 11.8 Å². The smallest absolute Gasteiger partial charge is 0.339 e. The first-order valence-electron chi connectivity index (χ1n) is 7.86. The van der Waals surface area contributed by atoms with Gasteiger partial charge in [-0.1, -0.05) is 18.2 Å². The van der Waals surface area contributed by atoms with E-state index in [2.05, 4.69) is 14.7 Å². The Kier molecular flexibility index (Phi) is 5.09. The number of hydrogen-bond donors (Lipinski definition) is 0. The van der Waals surface area contributed by atoms with Crippen LogP contribution in [0.15, 0.2) is 53.1 Å². The van der Waals surface area contributed by atoms with Crippen LogP contribution in [-0.2, 0) is 11.2 Å². The van der Waals surface area contributed by atoms with Gasteiger partial charge in [-0.3, -0.25) is 0 Å². The molecule has 3 aromatic rings. The van der Waals surface area contributed by atoms with Crippen LogP contribution in [0.4, 0.5) is 0 Å². The molecule has 6 heteroatoms. The predicted octanol–water partition coefficient (Wildman–Crippen LogP) is 3.45. The van der Waals surface area contributed by atoms with Gasteiger partial charge in [0.05, 0.1) is 25.0 Å². The molecule has 0 amide bonds. The van der Waals surface area contributed by atoms with E-state index >= 15 is 0 Å². The van der Waals surface area contributed by atoms with Gasteiger partial charge >= 0.3 is 5.97 Å². The van der Waals surface area contributed by atoms with Crippen molar-refractivity contribution in [3.63, 3.8) is 0 Å². The maximum atomic E-state index is 11.4. The number of ether oxygens (including phenoxy) is 2. The SMILES string of the molecule is COC(=O)c1ccc(OCCc2nc(-c3ccccc3)oc2C)nc1. The first kappa shape index (κ1) is 16.7. The number of nitrogens with zero attached hydrogens (tertiary/aromatic N) is 2. The molecule has 0 unspecified atom stereocenters. The summed E-state index contributed by atoms with van der Waals surface area (Å²) in [6, 6.07) is 13.0. The number of aromatic nitrogens is 2. The van der Waals surface area contributed by atoms with E-state index < -0.39 is 5.97 Å². The highest BCUT2D eigenvalue weighted by molar-refractivity contribution is 5.88. The van der Waals surface area contributed by atoms with Crippen molar-refractivity contribution in [2.75, 3.05) is 13.7 Å². The van der Waals surface area contributed by atoms with E-state index in [1.54, 1.807) is 12.1 Å². The summed E-state index contributed by atoms with van der Waals surface area (Å²) in [7, 11) is 1.33. The number of pyridine rings is 1. The largest absolute Gasteiger partial charge is 0.477 e. The second kappa shape index (κ2) is 7.61. The quantitative estimate of drug-likeness (QED) is 0.641. The van der Waals surface area contributed by atoms with Gasteiger partial charge in [-0.05, 0) is 25.1 Å². The van der Waals surface area contributed by atoms with Gasteiger partial charge < -0.3 is 13.9 Å². The molecule has 0 atom stereocenters. The average molecular weight is 338 g/mol. The van der Waals surface area contributed by atoms with Crippen molar-refractivity contribution in [1.82, 2.24) is 9.97 Å². The van der Waals surface area contributed by atoms with Crippen LogP contribution in [0.2, 0.25) is 0 Å². The standard InChI is InChI=1S/C19H18N2O4/c1-13-16(21-18(25-13)14-6-4-3-5-7-14)10-11-24-17-9-8-15(12-20-17)19(22)23-2/h3-9,12H,10-11H2,1-2H3. The molecule has 6 nitrogen and oxygen atoms in total. The highest BCUT2D eigenvalue weighted by Gasteiger charge is 2.11. The Morgan fingerprint density at radius 3 is 2.64 bits per heavy atom. The van der Waals surface area contributed by atoms with Crippen molar-refractivity contribution < 1.29 is 18.7 Å². The number of esters is 1. The number of hydrogen-bond acceptors (Lipinski definition) is 6. The van der Waals surface area contributed by atoms with Gasteiger partial charge in [0.1, 0.15) is 5.76 Å². The molecule has 1 aromatic carbocycles. The van der Waals surface area contributed by atoms with Crippen LogP contribution < -0.4 is 4.74 Å². The lowest BCUT2D eigenvalue weighted by Crippen LogP contribution is -2.05. The molecule has 0 aliphatic heterocycles. The first-order valence-corrected chi connectivity index (χ1v) is 7.86. The number of aryl methyl sites for hydroxylation is 1. The lowest BCUT2D eigenvalue weighted by atomic mass is 10.2. The van der Waals surface area contributed by atoms with E-state index in [4.69, 9.17) is 9.15 Å². The molecule has 0 radical (unpaired) electrons. The minimum Gasteiger partial charge on any atom is -0.477 e. The van der Waals surface area contributed by atoms with Gasteiger partial charge in [-0.25, -0.2) is 14.8 Å². The van der Waals surface area contributed by atoms with Crippen LogP contribution in [0.3, 0.4) is 0 Å². The molecule has 25 heavy (non-hydrogen) atoms. The zero-order chi connectivity index (χ0) is 17.6. The minimum absolute atomic E-state index is 0.384. The summed E-state index contributed by atoms with van der Waals surface area (Å²) in [6.07, 6.45) is 2.03. The van der Waals surface area contributed by atoms with E-state index in [9.17, 15) is 4.79 Å². The van der Waals surface area contributed by atoms with E-state index in [1.165, 1.54) is 13.3 Å². The second-order valence-corrected chi connectivity index (χ2v) is 5.36. The fourth-order valence-corrected chi connectivity index (χ4v) is 2.32. The third-order valence-electron chi connectivity index (χ3n) is 3.66. The van der Waals surface area contributed by atoms with Crippen LogP contribution in [0, 0.1) is 6.92 Å². The first-order chi connectivity index (χ1) is 12.2. The summed E-state index contributed by atoms with van der Waals surface area (Å²) in [5.74, 6) is 1.40. The van der Waals surface area contributed by atoms with Crippen molar-refractivity contribution in [3.8, 4) is 17.3 Å². The zero-order valence-corrected chi connectivity index (χ0v) is 14.1. The molecule has 0 aliphatic rings. The minimum atomic E-state index is -0.425. The number of carbonyl (C=O) groups is 1. The Morgan fingerprint density at radius 2 is 1.96 bits per heavy atom. The van der Waals surface area contributed by atoms with E-state index in [0.29, 0.717) is 30.4 Å². The zero-order valence-electron chi connectivity index (χ0n) is 14.1. The van der Waals surface area contributed by atoms with Crippen molar-refractivity contribution in [1.29, 1.82) is 0 Å². The van der Waals surface area contributed by atoms with Crippen LogP contribution >= 0.6 is 0 Å². The highest BCUT2D eigenvalue weighted by Crippen LogP contribution is 2.21. The lowest BCUT2D eigenvalue weighted by Gasteiger charge is -2.04.